The second kappa shape index (κ2) is 3.45. The van der Waals surface area contributed by atoms with Gasteiger partial charge in [-0.1, -0.05) is 23.2 Å². The molecule has 0 saturated heterocycles. The number of aromatic amines is 1. The van der Waals surface area contributed by atoms with E-state index in [1.807, 2.05) is 0 Å². The van der Waals surface area contributed by atoms with Crippen molar-refractivity contribution in [2.75, 3.05) is 0 Å². The predicted molar refractivity (Wildman–Crippen MR) is 65.9 cm³/mol. The number of imidazole rings is 1. The Hall–Kier alpha value is -1.59. The molecule has 0 aliphatic carbocycles. The van der Waals surface area contributed by atoms with Crippen molar-refractivity contribution in [2.24, 2.45) is 0 Å². The summed E-state index contributed by atoms with van der Waals surface area (Å²) in [4.78, 5) is 22.7. The number of aromatic nitrogens is 4. The molecule has 0 atom stereocenters. The average molecular weight is 269 g/mol. The van der Waals surface area contributed by atoms with Gasteiger partial charge in [0, 0.05) is 6.20 Å². The second-order valence-electron chi connectivity index (χ2n) is 3.64. The average Bonchev–Trinajstić information content (AvgIpc) is 2.58. The molecule has 1 N–H and O–H groups in total. The van der Waals surface area contributed by atoms with Crippen LogP contribution in [0, 0.1) is 6.92 Å². The number of fused-ring (bicyclic) bond motifs is 3. The van der Waals surface area contributed by atoms with Crippen molar-refractivity contribution in [3.8, 4) is 0 Å². The molecular formula is C10H6Cl2N4O. The largest absolute Gasteiger partial charge is 0.309 e. The lowest BCUT2D eigenvalue weighted by atomic mass is 10.5. The van der Waals surface area contributed by atoms with E-state index < -0.39 is 0 Å². The van der Waals surface area contributed by atoms with Crippen LogP contribution in [0.2, 0.25) is 10.0 Å². The van der Waals surface area contributed by atoms with Crippen LogP contribution in [0.5, 0.6) is 0 Å². The van der Waals surface area contributed by atoms with Gasteiger partial charge in [-0.15, -0.1) is 0 Å². The van der Waals surface area contributed by atoms with Crippen molar-refractivity contribution in [3.05, 3.63) is 38.5 Å². The van der Waals surface area contributed by atoms with Crippen LogP contribution < -0.4 is 5.56 Å². The van der Waals surface area contributed by atoms with Gasteiger partial charge in [0.2, 0.25) is 0 Å². The molecule has 0 fully saturated rings. The third-order valence-corrected chi connectivity index (χ3v) is 2.88. The van der Waals surface area contributed by atoms with Gasteiger partial charge in [0.05, 0.1) is 10.0 Å². The van der Waals surface area contributed by atoms with Crippen LogP contribution in [-0.4, -0.2) is 19.4 Å². The fourth-order valence-corrected chi connectivity index (χ4v) is 2.24. The zero-order valence-electron chi connectivity index (χ0n) is 8.66. The third kappa shape index (κ3) is 1.50. The predicted octanol–water partition coefficient (Wildman–Crippen LogP) is 2.19. The van der Waals surface area contributed by atoms with Crippen molar-refractivity contribution < 1.29 is 0 Å². The molecule has 3 aromatic rings. The molecule has 0 unspecified atom stereocenters. The van der Waals surface area contributed by atoms with Gasteiger partial charge in [0.1, 0.15) is 5.82 Å². The summed E-state index contributed by atoms with van der Waals surface area (Å²) in [6.45, 7) is 1.70. The maximum absolute atomic E-state index is 11.7. The van der Waals surface area contributed by atoms with Gasteiger partial charge < -0.3 is 4.98 Å². The molecule has 7 heteroatoms. The van der Waals surface area contributed by atoms with Gasteiger partial charge in [0.25, 0.3) is 5.56 Å². The molecule has 0 bridgehead atoms. The lowest BCUT2D eigenvalue weighted by Gasteiger charge is -1.98. The van der Waals surface area contributed by atoms with Crippen LogP contribution in [-0.2, 0) is 0 Å². The van der Waals surface area contributed by atoms with E-state index in [-0.39, 0.29) is 11.1 Å². The fraction of sp³-hybridized carbons (Fsp3) is 0.100. The van der Waals surface area contributed by atoms with Gasteiger partial charge in [0.15, 0.2) is 16.8 Å². The molecule has 0 aliphatic heterocycles. The first kappa shape index (κ1) is 10.6. The minimum Gasteiger partial charge on any atom is -0.309 e. The number of hydrogen-bond acceptors (Lipinski definition) is 3. The molecule has 3 rings (SSSR count). The van der Waals surface area contributed by atoms with E-state index >= 15 is 0 Å². The highest BCUT2D eigenvalue weighted by molar-refractivity contribution is 6.36. The zero-order chi connectivity index (χ0) is 12.2. The van der Waals surface area contributed by atoms with Gasteiger partial charge in [-0.2, -0.15) is 0 Å². The summed E-state index contributed by atoms with van der Waals surface area (Å²) in [6.07, 6.45) is 1.63. The van der Waals surface area contributed by atoms with Crippen LogP contribution in [0.15, 0.2) is 17.1 Å². The number of aryl methyl sites for hydroxylation is 1. The Morgan fingerprint density at radius 3 is 2.82 bits per heavy atom. The SMILES string of the molecule is Cc1nc2c(nc3c(Cl)cc(Cl)cn32)c(=O)[nH]1. The summed E-state index contributed by atoms with van der Waals surface area (Å²) in [5.74, 6) is 0.514. The first-order valence-electron chi connectivity index (χ1n) is 4.80. The number of rotatable bonds is 0. The highest BCUT2D eigenvalue weighted by Gasteiger charge is 2.13. The van der Waals surface area contributed by atoms with E-state index in [0.29, 0.717) is 27.2 Å². The molecule has 0 radical (unpaired) electrons. The minimum absolute atomic E-state index is 0.250. The number of nitrogens with zero attached hydrogens (tertiary/aromatic N) is 3. The van der Waals surface area contributed by atoms with Crippen LogP contribution in [0.3, 0.4) is 0 Å². The fourth-order valence-electron chi connectivity index (χ4n) is 1.73. The molecule has 0 amide bonds. The Kier molecular flexibility index (Phi) is 2.14. The summed E-state index contributed by atoms with van der Waals surface area (Å²) in [5.41, 5.74) is 0.878. The number of pyridine rings is 1. The van der Waals surface area contributed by atoms with Crippen molar-refractivity contribution >= 4 is 40.0 Å². The number of hydrogen-bond donors (Lipinski definition) is 1. The third-order valence-electron chi connectivity index (χ3n) is 2.40. The minimum atomic E-state index is -0.289. The van der Waals surface area contributed by atoms with Crippen molar-refractivity contribution in [2.45, 2.75) is 6.92 Å². The van der Waals surface area contributed by atoms with Crippen LogP contribution >= 0.6 is 23.2 Å². The maximum atomic E-state index is 11.7. The van der Waals surface area contributed by atoms with Crippen molar-refractivity contribution in [1.29, 1.82) is 0 Å². The Balaban J connectivity index is 2.65. The molecule has 3 heterocycles. The summed E-state index contributed by atoms with van der Waals surface area (Å²) in [6, 6.07) is 1.57. The van der Waals surface area contributed by atoms with E-state index in [9.17, 15) is 4.79 Å². The highest BCUT2D eigenvalue weighted by Crippen LogP contribution is 2.23. The van der Waals surface area contributed by atoms with E-state index in [4.69, 9.17) is 23.2 Å². The first-order chi connectivity index (χ1) is 8.06. The monoisotopic (exact) mass is 268 g/mol. The molecule has 3 aromatic heterocycles. The second-order valence-corrected chi connectivity index (χ2v) is 4.48. The number of H-pyrrole nitrogens is 1. The van der Waals surface area contributed by atoms with Crippen LogP contribution in [0.4, 0.5) is 0 Å². The van der Waals surface area contributed by atoms with Gasteiger partial charge >= 0.3 is 0 Å². The summed E-state index contributed by atoms with van der Waals surface area (Å²) >= 11 is 11.9. The summed E-state index contributed by atoms with van der Waals surface area (Å²) in [5, 5.41) is 0.842. The van der Waals surface area contributed by atoms with E-state index in [1.165, 1.54) is 0 Å². The number of nitrogens with one attached hydrogen (secondary N) is 1. The topological polar surface area (TPSA) is 63.1 Å². The quantitative estimate of drug-likeness (QED) is 0.680. The van der Waals surface area contributed by atoms with Gasteiger partial charge in [-0.05, 0) is 13.0 Å². The van der Waals surface area contributed by atoms with Crippen molar-refractivity contribution in [1.82, 2.24) is 19.4 Å². The molecule has 0 spiro atoms. The first-order valence-corrected chi connectivity index (χ1v) is 5.55. The van der Waals surface area contributed by atoms with E-state index in [1.54, 1.807) is 23.6 Å². The Morgan fingerprint density at radius 1 is 1.29 bits per heavy atom. The van der Waals surface area contributed by atoms with Gasteiger partial charge in [-0.25, -0.2) is 9.97 Å². The summed E-state index contributed by atoms with van der Waals surface area (Å²) in [7, 11) is 0. The zero-order valence-corrected chi connectivity index (χ0v) is 10.2. The molecule has 0 aromatic carbocycles. The van der Waals surface area contributed by atoms with Crippen LogP contribution in [0.25, 0.3) is 16.8 Å². The standard InChI is InChI=1S/C10H6Cl2N4O/c1-4-13-9-7(10(17)14-4)15-8-6(12)2-5(11)3-16(8)9/h2-3H,1H3,(H,13,14,17). The summed E-state index contributed by atoms with van der Waals surface area (Å²) < 4.78 is 1.61. The van der Waals surface area contributed by atoms with Gasteiger partial charge in [-0.3, -0.25) is 9.20 Å². The molecule has 17 heavy (non-hydrogen) atoms. The highest BCUT2D eigenvalue weighted by atomic mass is 35.5. The maximum Gasteiger partial charge on any atom is 0.279 e. The molecular weight excluding hydrogens is 263 g/mol. The molecule has 0 aliphatic rings. The number of halogens is 2. The Bertz CT molecular complexity index is 805. The van der Waals surface area contributed by atoms with Crippen molar-refractivity contribution in [3.63, 3.8) is 0 Å². The lowest BCUT2D eigenvalue weighted by molar-refractivity contribution is 1.04. The molecule has 5 nitrogen and oxygen atoms in total. The Morgan fingerprint density at radius 2 is 2.06 bits per heavy atom. The van der Waals surface area contributed by atoms with E-state index in [2.05, 4.69) is 15.0 Å². The normalized spacial score (nSPS) is 11.5. The molecule has 0 saturated carbocycles. The van der Waals surface area contributed by atoms with E-state index in [0.717, 1.165) is 0 Å². The smallest absolute Gasteiger partial charge is 0.279 e. The molecule has 86 valence electrons. The lowest BCUT2D eigenvalue weighted by Crippen LogP contribution is -2.09. The Labute approximate surface area is 105 Å². The van der Waals surface area contributed by atoms with Crippen LogP contribution in [0.1, 0.15) is 5.82 Å².